The number of aryl methyl sites for hydroxylation is 2. The van der Waals surface area contributed by atoms with Crippen LogP contribution in [0.3, 0.4) is 0 Å². The Hall–Kier alpha value is -1.85. The zero-order chi connectivity index (χ0) is 10.7. The van der Waals surface area contributed by atoms with E-state index in [2.05, 4.69) is 4.98 Å². The molecule has 1 aromatic heterocycles. The fraction of sp³-hybridized carbons (Fsp3) is 0.375. The van der Waals surface area contributed by atoms with Crippen molar-refractivity contribution in [1.29, 1.82) is 0 Å². The Bertz CT molecular complexity index is 457. The van der Waals surface area contributed by atoms with E-state index >= 15 is 0 Å². The molecule has 1 N–H and O–H groups in total. The van der Waals surface area contributed by atoms with E-state index in [1.165, 1.54) is 13.1 Å². The molecule has 0 atom stereocenters. The lowest BCUT2D eigenvalue weighted by Crippen LogP contribution is -2.33. The molecule has 0 aliphatic rings. The lowest BCUT2D eigenvalue weighted by atomic mass is 10.3. The number of hydrogen-bond acceptors (Lipinski definition) is 4. The van der Waals surface area contributed by atoms with Crippen molar-refractivity contribution in [2.24, 2.45) is 0 Å². The zero-order valence-electron chi connectivity index (χ0n) is 7.57. The Labute approximate surface area is 78.8 Å². The second-order valence-electron chi connectivity index (χ2n) is 2.89. The fourth-order valence-electron chi connectivity index (χ4n) is 0.996. The van der Waals surface area contributed by atoms with Crippen LogP contribution in [0.25, 0.3) is 0 Å². The molecular formula is C8H9N2O4-. The lowest BCUT2D eigenvalue weighted by molar-refractivity contribution is -0.305. The van der Waals surface area contributed by atoms with Crippen molar-refractivity contribution in [3.63, 3.8) is 0 Å². The van der Waals surface area contributed by atoms with E-state index in [1.807, 2.05) is 0 Å². The first-order chi connectivity index (χ1) is 6.50. The number of carbonyl (C=O) groups excluding carboxylic acids is 1. The molecule has 0 amide bonds. The lowest BCUT2D eigenvalue weighted by Gasteiger charge is -2.05. The maximum absolute atomic E-state index is 11.1. The van der Waals surface area contributed by atoms with Crippen LogP contribution >= 0.6 is 0 Å². The summed E-state index contributed by atoms with van der Waals surface area (Å²) in [5, 5.41) is 10.1. The van der Waals surface area contributed by atoms with Crippen LogP contribution in [0, 0.1) is 6.92 Å². The Balaban J connectivity index is 2.99. The van der Waals surface area contributed by atoms with Crippen molar-refractivity contribution in [3.05, 3.63) is 32.6 Å². The van der Waals surface area contributed by atoms with Gasteiger partial charge in [0.15, 0.2) is 0 Å². The average Bonchev–Trinajstić information content (AvgIpc) is 2.09. The number of rotatable bonds is 3. The maximum atomic E-state index is 11.1. The van der Waals surface area contributed by atoms with Gasteiger partial charge in [-0.25, -0.2) is 4.79 Å². The molecule has 1 aromatic rings. The third-order valence-corrected chi connectivity index (χ3v) is 1.75. The number of aliphatic carboxylic acids is 1. The smallest absolute Gasteiger partial charge is 0.328 e. The minimum atomic E-state index is -1.24. The second-order valence-corrected chi connectivity index (χ2v) is 2.89. The predicted octanol–water partition coefficient (Wildman–Crippen LogP) is -2.01. The van der Waals surface area contributed by atoms with E-state index in [0.717, 1.165) is 4.57 Å². The predicted molar refractivity (Wildman–Crippen MR) is 45.7 cm³/mol. The van der Waals surface area contributed by atoms with E-state index < -0.39 is 17.2 Å². The molecule has 76 valence electrons. The number of aromatic nitrogens is 2. The van der Waals surface area contributed by atoms with Gasteiger partial charge in [-0.15, -0.1) is 0 Å². The van der Waals surface area contributed by atoms with Gasteiger partial charge in [0, 0.05) is 30.7 Å². The highest BCUT2D eigenvalue weighted by Crippen LogP contribution is 1.87. The first-order valence-electron chi connectivity index (χ1n) is 4.01. The topological polar surface area (TPSA) is 95.0 Å². The Morgan fingerprint density at radius 1 is 1.57 bits per heavy atom. The molecule has 0 saturated carbocycles. The SMILES string of the molecule is Cc1cn(CCC(=O)[O-])c(=O)[nH]c1=O. The molecule has 0 spiro atoms. The molecule has 6 nitrogen and oxygen atoms in total. The molecule has 6 heteroatoms. The van der Waals surface area contributed by atoms with Crippen molar-refractivity contribution in [2.45, 2.75) is 19.9 Å². The monoisotopic (exact) mass is 197 g/mol. The first kappa shape index (κ1) is 10.2. The van der Waals surface area contributed by atoms with Crippen LogP contribution in [-0.2, 0) is 11.3 Å². The molecule has 1 heterocycles. The number of carboxylic acid groups (broad SMARTS) is 1. The molecule has 0 aliphatic carbocycles. The van der Waals surface area contributed by atoms with Gasteiger partial charge in [-0.1, -0.05) is 0 Å². The standard InChI is InChI=1S/C8H10N2O4/c1-5-4-10(3-2-6(11)12)8(14)9-7(5)13/h4H,2-3H2,1H3,(H,11,12)(H,9,13,14)/p-1. The maximum Gasteiger partial charge on any atom is 0.328 e. The number of carboxylic acids is 1. The number of nitrogens with one attached hydrogen (secondary N) is 1. The van der Waals surface area contributed by atoms with Gasteiger partial charge in [0.25, 0.3) is 5.56 Å². The van der Waals surface area contributed by atoms with E-state index in [-0.39, 0.29) is 13.0 Å². The van der Waals surface area contributed by atoms with Crippen LogP contribution in [-0.4, -0.2) is 15.5 Å². The third kappa shape index (κ3) is 2.32. The molecule has 1 rings (SSSR count). The molecule has 0 bridgehead atoms. The Morgan fingerprint density at radius 3 is 2.79 bits per heavy atom. The van der Waals surface area contributed by atoms with Crippen LogP contribution in [0.2, 0.25) is 0 Å². The van der Waals surface area contributed by atoms with Gasteiger partial charge in [-0.3, -0.25) is 14.3 Å². The van der Waals surface area contributed by atoms with Crippen LogP contribution < -0.4 is 16.4 Å². The summed E-state index contributed by atoms with van der Waals surface area (Å²) in [4.78, 5) is 34.2. The minimum absolute atomic E-state index is 0.00120. The van der Waals surface area contributed by atoms with Gasteiger partial charge in [0.1, 0.15) is 0 Å². The third-order valence-electron chi connectivity index (χ3n) is 1.75. The van der Waals surface area contributed by atoms with Crippen LogP contribution in [0.15, 0.2) is 15.8 Å². The molecule has 0 saturated heterocycles. The van der Waals surface area contributed by atoms with Crippen LogP contribution in [0.5, 0.6) is 0 Å². The van der Waals surface area contributed by atoms with E-state index in [1.54, 1.807) is 0 Å². The van der Waals surface area contributed by atoms with Crippen molar-refractivity contribution >= 4 is 5.97 Å². The quantitative estimate of drug-likeness (QED) is 0.605. The van der Waals surface area contributed by atoms with Crippen LogP contribution in [0.4, 0.5) is 0 Å². The summed E-state index contributed by atoms with van der Waals surface area (Å²) in [6.07, 6.45) is 1.06. The molecule has 0 radical (unpaired) electrons. The summed E-state index contributed by atoms with van der Waals surface area (Å²) in [7, 11) is 0. The van der Waals surface area contributed by atoms with Gasteiger partial charge in [0.2, 0.25) is 0 Å². The van der Waals surface area contributed by atoms with Crippen molar-refractivity contribution < 1.29 is 9.90 Å². The normalized spacial score (nSPS) is 10.1. The first-order valence-corrected chi connectivity index (χ1v) is 4.01. The van der Waals surface area contributed by atoms with Gasteiger partial charge in [0.05, 0.1) is 0 Å². The zero-order valence-corrected chi connectivity index (χ0v) is 7.57. The van der Waals surface area contributed by atoms with E-state index in [9.17, 15) is 19.5 Å². The summed E-state index contributed by atoms with van der Waals surface area (Å²) in [6, 6.07) is 0. The highest BCUT2D eigenvalue weighted by Gasteiger charge is 1.99. The van der Waals surface area contributed by atoms with Gasteiger partial charge >= 0.3 is 5.69 Å². The molecule has 0 unspecified atom stereocenters. The highest BCUT2D eigenvalue weighted by atomic mass is 16.4. The largest absolute Gasteiger partial charge is 0.550 e. The van der Waals surface area contributed by atoms with Crippen molar-refractivity contribution in [3.8, 4) is 0 Å². The van der Waals surface area contributed by atoms with Crippen LogP contribution in [0.1, 0.15) is 12.0 Å². The summed E-state index contributed by atoms with van der Waals surface area (Å²) in [5.41, 5.74) is -0.704. The Kier molecular flexibility index (Phi) is 2.85. The number of nitrogens with zero attached hydrogens (tertiary/aromatic N) is 1. The number of carbonyl (C=O) groups is 1. The highest BCUT2D eigenvalue weighted by molar-refractivity contribution is 5.63. The summed E-state index contributed by atoms with van der Waals surface area (Å²) in [5.74, 6) is -1.24. The summed E-state index contributed by atoms with van der Waals surface area (Å²) >= 11 is 0. The average molecular weight is 197 g/mol. The fourth-order valence-corrected chi connectivity index (χ4v) is 0.996. The minimum Gasteiger partial charge on any atom is -0.550 e. The number of H-pyrrole nitrogens is 1. The molecular weight excluding hydrogens is 188 g/mol. The summed E-state index contributed by atoms with van der Waals surface area (Å²) < 4.78 is 1.13. The summed E-state index contributed by atoms with van der Waals surface area (Å²) in [6.45, 7) is 1.53. The van der Waals surface area contributed by atoms with Crippen molar-refractivity contribution in [1.82, 2.24) is 9.55 Å². The molecule has 14 heavy (non-hydrogen) atoms. The van der Waals surface area contributed by atoms with Gasteiger partial charge < -0.3 is 9.90 Å². The van der Waals surface area contributed by atoms with Gasteiger partial charge in [-0.2, -0.15) is 0 Å². The Morgan fingerprint density at radius 2 is 2.21 bits per heavy atom. The van der Waals surface area contributed by atoms with E-state index in [0.29, 0.717) is 5.56 Å². The van der Waals surface area contributed by atoms with Crippen molar-refractivity contribution in [2.75, 3.05) is 0 Å². The molecule has 0 fully saturated rings. The molecule has 0 aliphatic heterocycles. The second kappa shape index (κ2) is 3.91. The molecule has 0 aromatic carbocycles. The number of aromatic amines is 1. The van der Waals surface area contributed by atoms with E-state index in [4.69, 9.17) is 0 Å². The number of hydrogen-bond donors (Lipinski definition) is 1. The van der Waals surface area contributed by atoms with Gasteiger partial charge in [-0.05, 0) is 6.92 Å².